The molecule has 184 valence electrons. The highest BCUT2D eigenvalue weighted by molar-refractivity contribution is 7.89. The molecule has 0 spiro atoms. The lowest BCUT2D eigenvalue weighted by molar-refractivity contribution is -0.155. The van der Waals surface area contributed by atoms with Crippen molar-refractivity contribution in [1.82, 2.24) is 9.21 Å². The number of carbonyl (C=O) groups is 1. The number of ether oxygens (including phenoxy) is 3. The zero-order valence-electron chi connectivity index (χ0n) is 19.7. The second-order valence-corrected chi connectivity index (χ2v) is 11.2. The van der Waals surface area contributed by atoms with Gasteiger partial charge in [-0.15, -0.1) is 0 Å². The van der Waals surface area contributed by atoms with Gasteiger partial charge < -0.3 is 24.2 Å². The van der Waals surface area contributed by atoms with E-state index in [2.05, 4.69) is 20.8 Å². The van der Waals surface area contributed by atoms with E-state index in [1.165, 1.54) is 23.5 Å². The van der Waals surface area contributed by atoms with Gasteiger partial charge in [0.2, 0.25) is 16.3 Å². The van der Waals surface area contributed by atoms with Gasteiger partial charge in [-0.05, 0) is 41.7 Å². The summed E-state index contributed by atoms with van der Waals surface area (Å²) >= 11 is 0. The molecule has 0 saturated carbocycles. The Labute approximate surface area is 196 Å². The number of allylic oxidation sites excluding steroid dienone is 1. The quantitative estimate of drug-likeness (QED) is 0.507. The van der Waals surface area contributed by atoms with Crippen molar-refractivity contribution in [2.45, 2.75) is 38.4 Å². The summed E-state index contributed by atoms with van der Waals surface area (Å²) in [5.74, 6) is 0.782. The van der Waals surface area contributed by atoms with Gasteiger partial charge in [-0.2, -0.15) is 4.31 Å². The molecule has 0 aliphatic carbocycles. The number of amides is 1. The van der Waals surface area contributed by atoms with Crippen molar-refractivity contribution in [3.05, 3.63) is 36.1 Å². The first-order chi connectivity index (χ1) is 15.6. The Morgan fingerprint density at radius 1 is 1.21 bits per heavy atom. The van der Waals surface area contributed by atoms with Crippen molar-refractivity contribution in [1.29, 1.82) is 0 Å². The molecule has 1 fully saturated rings. The van der Waals surface area contributed by atoms with E-state index in [1.54, 1.807) is 17.0 Å². The van der Waals surface area contributed by atoms with Crippen LogP contribution in [0.15, 0.2) is 41.0 Å². The lowest BCUT2D eigenvalue weighted by atomic mass is 9.77. The lowest BCUT2D eigenvalue weighted by Gasteiger charge is -2.36. The molecule has 33 heavy (non-hydrogen) atoms. The normalized spacial score (nSPS) is 20.9. The van der Waals surface area contributed by atoms with Crippen molar-refractivity contribution >= 4 is 15.9 Å². The van der Waals surface area contributed by atoms with Crippen LogP contribution < -0.4 is 4.74 Å². The molecule has 0 aromatic heterocycles. The Hall–Kier alpha value is -2.14. The summed E-state index contributed by atoms with van der Waals surface area (Å²) in [6.45, 7) is 7.46. The van der Waals surface area contributed by atoms with Gasteiger partial charge in [-0.25, -0.2) is 8.42 Å². The largest absolute Gasteiger partial charge is 0.497 e. The van der Waals surface area contributed by atoms with Crippen LogP contribution in [0, 0.1) is 11.3 Å². The average Bonchev–Trinajstić information content (AvgIpc) is 3.62. The number of hydrogen-bond donors (Lipinski definition) is 1. The van der Waals surface area contributed by atoms with Gasteiger partial charge in [0.05, 0.1) is 25.2 Å². The summed E-state index contributed by atoms with van der Waals surface area (Å²) in [5.41, 5.74) is -0.0869. The third-order valence-electron chi connectivity index (χ3n) is 5.81. The van der Waals surface area contributed by atoms with Gasteiger partial charge >= 0.3 is 0 Å². The number of rotatable bonds is 10. The van der Waals surface area contributed by atoms with Crippen LogP contribution in [-0.2, 0) is 24.3 Å². The highest BCUT2D eigenvalue weighted by Gasteiger charge is 2.37. The summed E-state index contributed by atoms with van der Waals surface area (Å²) in [6.07, 6.45) is 1.79. The number of carbonyl (C=O) groups excluding carboxylic acids is 1. The Morgan fingerprint density at radius 2 is 1.88 bits per heavy atom. The fourth-order valence-electron chi connectivity index (χ4n) is 3.57. The molecular weight excluding hydrogens is 448 g/mol. The van der Waals surface area contributed by atoms with E-state index in [4.69, 9.17) is 14.2 Å². The monoisotopic (exact) mass is 482 g/mol. The number of methoxy groups -OCH3 is 1. The highest BCUT2D eigenvalue weighted by Crippen LogP contribution is 2.37. The van der Waals surface area contributed by atoms with Gasteiger partial charge in [0, 0.05) is 32.6 Å². The van der Waals surface area contributed by atoms with Crippen molar-refractivity contribution in [2.24, 2.45) is 11.3 Å². The molecule has 1 aromatic rings. The molecule has 0 bridgehead atoms. The van der Waals surface area contributed by atoms with E-state index in [0.717, 1.165) is 13.1 Å². The Balaban J connectivity index is 1.65. The van der Waals surface area contributed by atoms with E-state index in [-0.39, 0.29) is 48.4 Å². The van der Waals surface area contributed by atoms with E-state index < -0.39 is 16.3 Å². The molecule has 1 amide bonds. The molecule has 3 rings (SSSR count). The molecule has 9 nitrogen and oxygen atoms in total. The topological polar surface area (TPSA) is 105 Å². The van der Waals surface area contributed by atoms with Crippen LogP contribution in [0.5, 0.6) is 5.75 Å². The molecule has 2 aliphatic rings. The standard InChI is InChI=1S/C23H34N2O7S/c1-23(2,3)17-15-20(22(27)24-9-10-24)32-21(16-17)31-14-12-25(11-13-26)33(28,29)19-7-5-18(30-4)6-8-19/h5-8,15,17,21,26H,9-14,16H2,1-4H3/t17-,21+/m0/s1. The lowest BCUT2D eigenvalue weighted by Crippen LogP contribution is -2.38. The van der Waals surface area contributed by atoms with Gasteiger partial charge in [0.25, 0.3) is 5.91 Å². The van der Waals surface area contributed by atoms with E-state index in [0.29, 0.717) is 17.9 Å². The Kier molecular flexibility index (Phi) is 8.04. The van der Waals surface area contributed by atoms with Crippen molar-refractivity contribution in [3.8, 4) is 5.75 Å². The van der Waals surface area contributed by atoms with Gasteiger partial charge in [0.15, 0.2) is 5.76 Å². The van der Waals surface area contributed by atoms with Crippen molar-refractivity contribution in [2.75, 3.05) is 46.5 Å². The van der Waals surface area contributed by atoms with E-state index in [9.17, 15) is 18.3 Å². The summed E-state index contributed by atoms with van der Waals surface area (Å²) in [7, 11) is -2.32. The molecule has 0 unspecified atom stereocenters. The summed E-state index contributed by atoms with van der Waals surface area (Å²) in [6, 6.07) is 6.08. The highest BCUT2D eigenvalue weighted by atomic mass is 32.2. The SMILES string of the molecule is COc1ccc(S(=O)(=O)N(CCO)CCO[C@H]2C[C@@H](C(C)(C)C)C=C(C(=O)N3CC3)O2)cc1. The fraction of sp³-hybridized carbons (Fsp3) is 0.609. The second kappa shape index (κ2) is 10.4. The third-order valence-corrected chi connectivity index (χ3v) is 7.72. The summed E-state index contributed by atoms with van der Waals surface area (Å²) in [4.78, 5) is 14.3. The van der Waals surface area contributed by atoms with Gasteiger partial charge in [0.1, 0.15) is 5.75 Å². The van der Waals surface area contributed by atoms with Crippen LogP contribution in [0.1, 0.15) is 27.2 Å². The van der Waals surface area contributed by atoms with Gasteiger partial charge in [-0.1, -0.05) is 20.8 Å². The molecule has 0 radical (unpaired) electrons. The molecule has 2 atom stereocenters. The molecule has 1 saturated heterocycles. The van der Waals surface area contributed by atoms with Crippen LogP contribution >= 0.6 is 0 Å². The first kappa shape index (κ1) is 25.5. The van der Waals surface area contributed by atoms with Gasteiger partial charge in [-0.3, -0.25) is 4.79 Å². The van der Waals surface area contributed by atoms with Crippen LogP contribution in [0.3, 0.4) is 0 Å². The summed E-state index contributed by atoms with van der Waals surface area (Å²) < 4.78 is 44.1. The molecular formula is C23H34N2O7S. The fourth-order valence-corrected chi connectivity index (χ4v) is 4.98. The molecule has 2 aliphatic heterocycles. The molecule has 1 N–H and O–H groups in total. The van der Waals surface area contributed by atoms with Crippen molar-refractivity contribution in [3.63, 3.8) is 0 Å². The maximum Gasteiger partial charge on any atom is 0.288 e. The van der Waals surface area contributed by atoms with E-state index in [1.807, 2.05) is 6.08 Å². The molecule has 10 heteroatoms. The first-order valence-corrected chi connectivity index (χ1v) is 12.5. The maximum absolute atomic E-state index is 13.0. The van der Waals surface area contributed by atoms with E-state index >= 15 is 0 Å². The Morgan fingerprint density at radius 3 is 2.42 bits per heavy atom. The van der Waals surface area contributed by atoms with Crippen molar-refractivity contribution < 1.29 is 32.5 Å². The number of aliphatic hydroxyl groups is 1. The van der Waals surface area contributed by atoms with Crippen LogP contribution in [0.2, 0.25) is 0 Å². The Bertz CT molecular complexity index is 950. The maximum atomic E-state index is 13.0. The number of benzene rings is 1. The minimum Gasteiger partial charge on any atom is -0.497 e. The predicted octanol–water partition coefficient (Wildman–Crippen LogP) is 1.83. The zero-order valence-corrected chi connectivity index (χ0v) is 20.5. The average molecular weight is 483 g/mol. The summed E-state index contributed by atoms with van der Waals surface area (Å²) in [5, 5.41) is 9.41. The van der Waals surface area contributed by atoms with Crippen LogP contribution in [-0.4, -0.2) is 81.4 Å². The number of hydrogen-bond acceptors (Lipinski definition) is 7. The smallest absolute Gasteiger partial charge is 0.288 e. The van der Waals surface area contributed by atoms with Crippen LogP contribution in [0.4, 0.5) is 0 Å². The second-order valence-electron chi connectivity index (χ2n) is 9.25. The zero-order chi connectivity index (χ0) is 24.2. The predicted molar refractivity (Wildman–Crippen MR) is 122 cm³/mol. The number of aliphatic hydroxyl groups excluding tert-OH is 1. The minimum atomic E-state index is -3.83. The molecule has 2 heterocycles. The first-order valence-electron chi connectivity index (χ1n) is 11.1. The number of nitrogens with zero attached hydrogens (tertiary/aromatic N) is 2. The third kappa shape index (κ3) is 6.47. The number of sulfonamides is 1. The van der Waals surface area contributed by atoms with Crippen LogP contribution in [0.25, 0.3) is 0 Å². The minimum absolute atomic E-state index is 0.0358. The molecule has 1 aromatic carbocycles.